The fourth-order valence-electron chi connectivity index (χ4n) is 2.21. The first-order valence-corrected chi connectivity index (χ1v) is 9.11. The van der Waals surface area contributed by atoms with Gasteiger partial charge in [-0.1, -0.05) is 23.6 Å². The summed E-state index contributed by atoms with van der Waals surface area (Å²) < 4.78 is 23.1. The molecule has 0 amide bonds. The lowest BCUT2D eigenvalue weighted by atomic mass is 10.2. The Morgan fingerprint density at radius 3 is 2.82 bits per heavy atom. The van der Waals surface area contributed by atoms with Gasteiger partial charge in [-0.25, -0.2) is 4.21 Å². The van der Waals surface area contributed by atoms with Crippen LogP contribution in [-0.2, 0) is 20.3 Å². The van der Waals surface area contributed by atoms with E-state index in [0.29, 0.717) is 6.61 Å². The maximum atomic E-state index is 11.9. The zero-order chi connectivity index (χ0) is 15.6. The molecule has 22 heavy (non-hydrogen) atoms. The van der Waals surface area contributed by atoms with Crippen molar-refractivity contribution in [2.45, 2.75) is 56.6 Å². The zero-order valence-electron chi connectivity index (χ0n) is 13.2. The second-order valence-electron chi connectivity index (χ2n) is 5.48. The van der Waals surface area contributed by atoms with Crippen molar-refractivity contribution in [2.24, 2.45) is 0 Å². The largest absolute Gasteiger partial charge is 0.353 e. The van der Waals surface area contributed by atoms with Crippen molar-refractivity contribution in [3.8, 4) is 11.2 Å². The molecule has 120 valence electrons. The zero-order valence-corrected chi connectivity index (χ0v) is 14.0. The summed E-state index contributed by atoms with van der Waals surface area (Å²) in [6.07, 6.45) is 6.03. The van der Waals surface area contributed by atoms with Crippen LogP contribution >= 0.6 is 0 Å². The standard InChI is InChI=1S/C18H24O3S/c1-16-9-11-17(12-10-16)22(19)15-7-3-2-5-13-20-18-8-4-6-14-21-18/h9-12,18H,2-6,8,13-14H2,1H3. The summed E-state index contributed by atoms with van der Waals surface area (Å²) >= 11 is 0. The third kappa shape index (κ3) is 6.31. The quantitative estimate of drug-likeness (QED) is 0.591. The summed E-state index contributed by atoms with van der Waals surface area (Å²) in [4.78, 5) is 0.774. The number of hydrogen-bond donors (Lipinski definition) is 0. The van der Waals surface area contributed by atoms with Gasteiger partial charge in [0.25, 0.3) is 0 Å². The summed E-state index contributed by atoms with van der Waals surface area (Å²) in [5.74, 6) is 3.00. The third-order valence-corrected chi connectivity index (χ3v) is 4.57. The summed E-state index contributed by atoms with van der Waals surface area (Å²) in [7, 11) is -1.22. The lowest BCUT2D eigenvalue weighted by molar-refractivity contribution is -0.162. The van der Waals surface area contributed by atoms with E-state index in [1.165, 1.54) is 6.42 Å². The molecule has 0 aromatic heterocycles. The Labute approximate surface area is 135 Å². The van der Waals surface area contributed by atoms with Gasteiger partial charge in [-0.3, -0.25) is 0 Å². The van der Waals surface area contributed by atoms with E-state index in [1.807, 2.05) is 31.2 Å². The van der Waals surface area contributed by atoms with Gasteiger partial charge in [0, 0.05) is 24.9 Å². The number of benzene rings is 1. The molecule has 1 heterocycles. The predicted molar refractivity (Wildman–Crippen MR) is 88.8 cm³/mol. The van der Waals surface area contributed by atoms with Crippen LogP contribution in [0.5, 0.6) is 0 Å². The molecule has 0 N–H and O–H groups in total. The van der Waals surface area contributed by atoms with E-state index in [4.69, 9.17) is 9.47 Å². The van der Waals surface area contributed by atoms with Gasteiger partial charge >= 0.3 is 0 Å². The monoisotopic (exact) mass is 320 g/mol. The minimum Gasteiger partial charge on any atom is -0.353 e. The summed E-state index contributed by atoms with van der Waals surface area (Å²) in [6, 6.07) is 7.66. The molecule has 1 fully saturated rings. The molecule has 0 radical (unpaired) electrons. The first kappa shape index (κ1) is 17.2. The Hall–Kier alpha value is -1.15. The molecular formula is C18H24O3S. The molecule has 2 unspecified atom stereocenters. The number of hydrogen-bond acceptors (Lipinski definition) is 3. The Bertz CT molecular complexity index is 522. The van der Waals surface area contributed by atoms with Gasteiger partial charge in [0.1, 0.15) is 10.8 Å². The molecule has 0 saturated carbocycles. The van der Waals surface area contributed by atoms with Crippen LogP contribution in [0.25, 0.3) is 0 Å². The van der Waals surface area contributed by atoms with E-state index in [0.717, 1.165) is 49.2 Å². The predicted octanol–water partition coefficient (Wildman–Crippen LogP) is 3.78. The van der Waals surface area contributed by atoms with Crippen molar-refractivity contribution in [1.82, 2.24) is 0 Å². The van der Waals surface area contributed by atoms with Gasteiger partial charge in [-0.15, -0.1) is 0 Å². The van der Waals surface area contributed by atoms with Crippen LogP contribution in [0, 0.1) is 18.1 Å². The third-order valence-electron chi connectivity index (χ3n) is 3.54. The van der Waals surface area contributed by atoms with E-state index < -0.39 is 10.8 Å². The Morgan fingerprint density at radius 1 is 1.27 bits per heavy atom. The first-order valence-electron chi connectivity index (χ1n) is 7.96. The smallest absolute Gasteiger partial charge is 0.157 e. The first-order chi connectivity index (χ1) is 10.8. The highest BCUT2D eigenvalue weighted by atomic mass is 32.2. The van der Waals surface area contributed by atoms with E-state index in [1.54, 1.807) is 0 Å². The van der Waals surface area contributed by atoms with Crippen LogP contribution in [0.3, 0.4) is 0 Å². The fraction of sp³-hybridized carbons (Fsp3) is 0.556. The summed E-state index contributed by atoms with van der Waals surface area (Å²) in [5, 5.41) is 2.82. The van der Waals surface area contributed by atoms with Crippen LogP contribution in [0.2, 0.25) is 0 Å². The molecule has 4 heteroatoms. The summed E-state index contributed by atoms with van der Waals surface area (Å²) in [6.45, 7) is 3.55. The van der Waals surface area contributed by atoms with E-state index >= 15 is 0 Å². The van der Waals surface area contributed by atoms with E-state index in [9.17, 15) is 4.21 Å². The van der Waals surface area contributed by atoms with Gasteiger partial charge in [0.2, 0.25) is 0 Å². The lowest BCUT2D eigenvalue weighted by Gasteiger charge is -2.22. The maximum Gasteiger partial charge on any atom is 0.157 e. The molecule has 1 aromatic rings. The number of unbranched alkanes of at least 4 members (excludes halogenated alkanes) is 2. The number of ether oxygens (including phenoxy) is 2. The van der Waals surface area contributed by atoms with Crippen molar-refractivity contribution in [3.05, 3.63) is 29.8 Å². The normalized spacial score (nSPS) is 19.2. The molecule has 0 aliphatic carbocycles. The Balaban J connectivity index is 1.58. The molecular weight excluding hydrogens is 296 g/mol. The van der Waals surface area contributed by atoms with Gasteiger partial charge in [-0.2, -0.15) is 0 Å². The van der Waals surface area contributed by atoms with Crippen molar-refractivity contribution in [2.75, 3.05) is 13.2 Å². The molecule has 1 saturated heterocycles. The van der Waals surface area contributed by atoms with Crippen LogP contribution in [-0.4, -0.2) is 23.7 Å². The van der Waals surface area contributed by atoms with Crippen LogP contribution in [0.15, 0.2) is 29.2 Å². The van der Waals surface area contributed by atoms with Crippen LogP contribution < -0.4 is 0 Å². The molecule has 2 atom stereocenters. The average molecular weight is 320 g/mol. The minimum absolute atomic E-state index is 0.00567. The molecule has 1 aromatic carbocycles. The highest BCUT2D eigenvalue weighted by Gasteiger charge is 2.13. The molecule has 1 aliphatic rings. The number of rotatable bonds is 6. The maximum absolute atomic E-state index is 11.9. The Morgan fingerprint density at radius 2 is 2.09 bits per heavy atom. The average Bonchev–Trinajstić information content (AvgIpc) is 2.55. The van der Waals surface area contributed by atoms with E-state index in [2.05, 4.69) is 11.2 Å². The highest BCUT2D eigenvalue weighted by molar-refractivity contribution is 7.89. The Kier molecular flexibility index (Phi) is 7.65. The fourth-order valence-corrected chi connectivity index (χ4v) is 2.94. The van der Waals surface area contributed by atoms with Crippen LogP contribution in [0.4, 0.5) is 0 Å². The topological polar surface area (TPSA) is 35.5 Å². The van der Waals surface area contributed by atoms with Crippen molar-refractivity contribution in [1.29, 1.82) is 0 Å². The molecule has 0 bridgehead atoms. The SMILES string of the molecule is Cc1ccc(S(=O)C#CCCCCOC2CCCCO2)cc1. The van der Waals surface area contributed by atoms with Crippen molar-refractivity contribution < 1.29 is 13.7 Å². The lowest BCUT2D eigenvalue weighted by Crippen LogP contribution is -2.22. The second kappa shape index (κ2) is 9.78. The summed E-state index contributed by atoms with van der Waals surface area (Å²) in [5.41, 5.74) is 1.16. The highest BCUT2D eigenvalue weighted by Crippen LogP contribution is 2.14. The van der Waals surface area contributed by atoms with Gasteiger partial charge in [0.15, 0.2) is 6.29 Å². The van der Waals surface area contributed by atoms with E-state index in [-0.39, 0.29) is 6.29 Å². The molecule has 2 rings (SSSR count). The minimum atomic E-state index is -1.22. The molecule has 3 nitrogen and oxygen atoms in total. The van der Waals surface area contributed by atoms with Crippen molar-refractivity contribution >= 4 is 10.8 Å². The van der Waals surface area contributed by atoms with Gasteiger partial charge in [0.05, 0.1) is 4.90 Å². The van der Waals surface area contributed by atoms with Gasteiger partial charge < -0.3 is 9.47 Å². The number of aryl methyl sites for hydroxylation is 1. The van der Waals surface area contributed by atoms with Crippen molar-refractivity contribution in [3.63, 3.8) is 0 Å². The van der Waals surface area contributed by atoms with Gasteiger partial charge in [-0.05, 0) is 51.2 Å². The van der Waals surface area contributed by atoms with Crippen LogP contribution in [0.1, 0.15) is 44.1 Å². The molecule has 0 spiro atoms. The molecule has 1 aliphatic heterocycles. The second-order valence-corrected chi connectivity index (χ2v) is 6.70.